The van der Waals surface area contributed by atoms with Crippen molar-refractivity contribution in [1.82, 2.24) is 20.1 Å². The van der Waals surface area contributed by atoms with Crippen LogP contribution in [0.2, 0.25) is 0 Å². The molecule has 0 radical (unpaired) electrons. The van der Waals surface area contributed by atoms with Gasteiger partial charge in [-0.3, -0.25) is 0 Å². The largest absolute Gasteiger partial charge is 0.339 e. The van der Waals surface area contributed by atoms with E-state index in [1.165, 1.54) is 12.7 Å². The average molecular weight is 231 g/mol. The summed E-state index contributed by atoms with van der Waals surface area (Å²) in [6.07, 6.45) is 6.99. The minimum atomic E-state index is -0.143. The van der Waals surface area contributed by atoms with Crippen molar-refractivity contribution in [1.29, 1.82) is 0 Å². The zero-order chi connectivity index (χ0) is 11.7. The van der Waals surface area contributed by atoms with Crippen molar-refractivity contribution in [2.75, 3.05) is 0 Å². The van der Waals surface area contributed by atoms with E-state index >= 15 is 0 Å². The van der Waals surface area contributed by atoms with E-state index in [1.807, 2.05) is 0 Å². The third-order valence-electron chi connectivity index (χ3n) is 3.13. The van der Waals surface area contributed by atoms with Crippen LogP contribution in [0.5, 0.6) is 0 Å². The Labute approximate surface area is 98.3 Å². The number of rotatable bonds is 3. The van der Waals surface area contributed by atoms with Gasteiger partial charge in [-0.1, -0.05) is 5.16 Å². The van der Waals surface area contributed by atoms with Gasteiger partial charge in [-0.05, 0) is 25.3 Å². The van der Waals surface area contributed by atoms with Gasteiger partial charge in [0.2, 0.25) is 11.7 Å². The third-order valence-corrected chi connectivity index (χ3v) is 3.13. The van der Waals surface area contributed by atoms with E-state index in [1.54, 1.807) is 12.3 Å². The molecule has 1 fully saturated rings. The molecule has 1 aliphatic carbocycles. The summed E-state index contributed by atoms with van der Waals surface area (Å²) in [7, 11) is 0. The maximum Gasteiger partial charge on any atom is 0.228 e. The minimum absolute atomic E-state index is 0.143. The zero-order valence-electron chi connectivity index (χ0n) is 9.33. The molecule has 17 heavy (non-hydrogen) atoms. The van der Waals surface area contributed by atoms with Gasteiger partial charge in [0.05, 0.1) is 0 Å². The highest BCUT2D eigenvalue weighted by Gasteiger charge is 2.34. The van der Waals surface area contributed by atoms with Crippen LogP contribution < -0.4 is 5.73 Å². The summed E-state index contributed by atoms with van der Waals surface area (Å²) in [6.45, 7) is 0. The Morgan fingerprint density at radius 3 is 2.94 bits per heavy atom. The second-order valence-corrected chi connectivity index (χ2v) is 4.50. The second-order valence-electron chi connectivity index (χ2n) is 4.50. The fourth-order valence-electron chi connectivity index (χ4n) is 1.96. The van der Waals surface area contributed by atoms with Crippen LogP contribution in [0.15, 0.2) is 23.1 Å². The predicted molar refractivity (Wildman–Crippen MR) is 59.8 cm³/mol. The van der Waals surface area contributed by atoms with Crippen molar-refractivity contribution in [3.8, 4) is 11.5 Å². The van der Waals surface area contributed by atoms with Crippen molar-refractivity contribution in [2.45, 2.75) is 31.2 Å². The molecular weight excluding hydrogens is 218 g/mol. The monoisotopic (exact) mass is 231 g/mol. The molecule has 6 nitrogen and oxygen atoms in total. The van der Waals surface area contributed by atoms with Gasteiger partial charge in [0.15, 0.2) is 0 Å². The van der Waals surface area contributed by atoms with Gasteiger partial charge >= 0.3 is 0 Å². The van der Waals surface area contributed by atoms with Crippen LogP contribution in [-0.4, -0.2) is 25.6 Å². The number of nitrogens with zero attached hydrogens (tertiary/aromatic N) is 4. The minimum Gasteiger partial charge on any atom is -0.339 e. The highest BCUT2D eigenvalue weighted by Crippen LogP contribution is 2.32. The maximum absolute atomic E-state index is 6.13. The molecule has 88 valence electrons. The Bertz CT molecular complexity index is 506. The number of aromatic nitrogens is 4. The molecule has 1 saturated carbocycles. The molecule has 0 aliphatic heterocycles. The third kappa shape index (κ3) is 2.03. The number of nitrogens with two attached hydrogens (primary N) is 1. The number of hydrogen-bond donors (Lipinski definition) is 1. The van der Waals surface area contributed by atoms with E-state index in [0.717, 1.165) is 12.8 Å². The van der Waals surface area contributed by atoms with Crippen LogP contribution in [0, 0.1) is 0 Å². The van der Waals surface area contributed by atoms with Crippen LogP contribution in [0.3, 0.4) is 0 Å². The normalized spacial score (nSPS) is 17.7. The molecule has 3 rings (SSSR count). The van der Waals surface area contributed by atoms with Gasteiger partial charge < -0.3 is 10.3 Å². The summed E-state index contributed by atoms with van der Waals surface area (Å²) in [5, 5.41) is 3.90. The first kappa shape index (κ1) is 10.3. The van der Waals surface area contributed by atoms with Gasteiger partial charge in [-0.2, -0.15) is 4.98 Å². The molecule has 1 aliphatic rings. The summed E-state index contributed by atoms with van der Waals surface area (Å²) >= 11 is 0. The molecule has 0 aromatic carbocycles. The molecule has 0 spiro atoms. The molecule has 0 saturated heterocycles. The average Bonchev–Trinajstić information content (AvgIpc) is 2.77. The fraction of sp³-hybridized carbons (Fsp3) is 0.455. The smallest absolute Gasteiger partial charge is 0.228 e. The molecule has 2 aromatic heterocycles. The summed E-state index contributed by atoms with van der Waals surface area (Å²) in [6, 6.07) is 1.75. The lowest BCUT2D eigenvalue weighted by Crippen LogP contribution is -2.48. The molecule has 0 atom stereocenters. The molecule has 2 aromatic rings. The Kier molecular flexibility index (Phi) is 2.36. The van der Waals surface area contributed by atoms with Gasteiger partial charge in [0.1, 0.15) is 12.0 Å². The highest BCUT2D eigenvalue weighted by molar-refractivity contribution is 5.46. The summed E-state index contributed by atoms with van der Waals surface area (Å²) in [5.74, 6) is 1.08. The quantitative estimate of drug-likeness (QED) is 0.845. The molecule has 2 heterocycles. The molecule has 0 unspecified atom stereocenters. The van der Waals surface area contributed by atoms with E-state index in [4.69, 9.17) is 10.3 Å². The van der Waals surface area contributed by atoms with Crippen LogP contribution in [0.1, 0.15) is 25.2 Å². The van der Waals surface area contributed by atoms with Crippen molar-refractivity contribution in [2.24, 2.45) is 5.73 Å². The van der Waals surface area contributed by atoms with Gasteiger partial charge in [-0.15, -0.1) is 0 Å². The lowest BCUT2D eigenvalue weighted by Gasteiger charge is -2.36. The van der Waals surface area contributed by atoms with E-state index in [2.05, 4.69) is 20.1 Å². The van der Waals surface area contributed by atoms with Crippen molar-refractivity contribution >= 4 is 0 Å². The first-order chi connectivity index (χ1) is 8.25. The van der Waals surface area contributed by atoms with Gasteiger partial charge in [0.25, 0.3) is 0 Å². The lowest BCUT2D eigenvalue weighted by molar-refractivity contribution is 0.222. The Morgan fingerprint density at radius 1 is 1.41 bits per heavy atom. The first-order valence-corrected chi connectivity index (χ1v) is 5.63. The molecule has 2 N–H and O–H groups in total. The van der Waals surface area contributed by atoms with E-state index < -0.39 is 0 Å². The van der Waals surface area contributed by atoms with E-state index in [-0.39, 0.29) is 5.54 Å². The lowest BCUT2D eigenvalue weighted by atomic mass is 9.75. The Balaban J connectivity index is 1.79. The standard InChI is InChI=1S/C11H13N5O/c12-11(3-1-4-11)6-9-15-10(16-17-9)8-2-5-13-7-14-8/h2,5,7H,1,3-4,6,12H2. The fourth-order valence-corrected chi connectivity index (χ4v) is 1.96. The SMILES string of the molecule is NC1(Cc2nc(-c3ccncn3)no2)CCC1. The van der Waals surface area contributed by atoms with Crippen molar-refractivity contribution in [3.05, 3.63) is 24.5 Å². The van der Waals surface area contributed by atoms with E-state index in [0.29, 0.717) is 23.8 Å². The number of hydrogen-bond acceptors (Lipinski definition) is 6. The van der Waals surface area contributed by atoms with Crippen LogP contribution in [0.4, 0.5) is 0 Å². The molecular formula is C11H13N5O. The van der Waals surface area contributed by atoms with Crippen molar-refractivity contribution in [3.63, 3.8) is 0 Å². The second kappa shape index (κ2) is 3.89. The Morgan fingerprint density at radius 2 is 2.29 bits per heavy atom. The molecule has 0 amide bonds. The van der Waals surface area contributed by atoms with Crippen LogP contribution in [0.25, 0.3) is 11.5 Å². The topological polar surface area (TPSA) is 90.7 Å². The van der Waals surface area contributed by atoms with Gasteiger partial charge in [0, 0.05) is 18.2 Å². The van der Waals surface area contributed by atoms with Gasteiger partial charge in [-0.25, -0.2) is 9.97 Å². The van der Waals surface area contributed by atoms with Crippen LogP contribution >= 0.6 is 0 Å². The first-order valence-electron chi connectivity index (χ1n) is 5.63. The van der Waals surface area contributed by atoms with Crippen molar-refractivity contribution < 1.29 is 4.52 Å². The van der Waals surface area contributed by atoms with E-state index in [9.17, 15) is 0 Å². The summed E-state index contributed by atoms with van der Waals surface area (Å²) in [4.78, 5) is 12.2. The summed E-state index contributed by atoms with van der Waals surface area (Å²) < 4.78 is 5.19. The predicted octanol–water partition coefficient (Wildman–Crippen LogP) is 0.950. The summed E-state index contributed by atoms with van der Waals surface area (Å²) in [5.41, 5.74) is 6.65. The van der Waals surface area contributed by atoms with Crippen LogP contribution in [-0.2, 0) is 6.42 Å². The zero-order valence-corrected chi connectivity index (χ0v) is 9.33. The highest BCUT2D eigenvalue weighted by atomic mass is 16.5. The molecule has 6 heteroatoms. The Hall–Kier alpha value is -1.82. The molecule has 0 bridgehead atoms. The maximum atomic E-state index is 6.13.